The Kier molecular flexibility index (Phi) is 9.39. The molecule has 6 N–H and O–H groups in total. The Morgan fingerprint density at radius 2 is 1.69 bits per heavy atom. The zero-order valence-electron chi connectivity index (χ0n) is 31.2. The standard InChI is InChI=1S/C40H33N3O15/c1-14-10-16(3)34(33(50)36(51)40(4)13-41-26-31(48)19-11-15(2)29(46)24(28(14)45)23(19)32(49)35(26)58-40)57-38(53)25-21(44)9-8-20(42-25)37(52)43-27-30(47)18-7-6-17(55-5)12-22(18)56-39(27)54/h6-12,16,33-34,41,44,46-47,50H,13H2,1-5H3,(H,43,52)/b14-10+/t16-,33-,34?,40-/m0/s1. The molecule has 1 unspecified atom stereocenters. The Balaban J connectivity index is 1.24. The second kappa shape index (κ2) is 14.0. The monoisotopic (exact) mass is 795 g/mol. The maximum atomic E-state index is 14.1. The number of carbonyl (C=O) groups excluding carboxylic acids is 6. The summed E-state index contributed by atoms with van der Waals surface area (Å²) in [5.41, 5.74) is -6.86. The van der Waals surface area contributed by atoms with E-state index in [1.807, 2.05) is 0 Å². The van der Waals surface area contributed by atoms with E-state index in [2.05, 4.69) is 15.6 Å². The van der Waals surface area contributed by atoms with Crippen LogP contribution in [0.5, 0.6) is 23.0 Å². The zero-order valence-corrected chi connectivity index (χ0v) is 31.2. The van der Waals surface area contributed by atoms with Crippen molar-refractivity contribution in [2.75, 3.05) is 19.0 Å². The van der Waals surface area contributed by atoms with Gasteiger partial charge in [0, 0.05) is 17.5 Å². The summed E-state index contributed by atoms with van der Waals surface area (Å²) in [5.74, 6) is -9.91. The van der Waals surface area contributed by atoms with E-state index < -0.39 is 122 Å². The van der Waals surface area contributed by atoms with Gasteiger partial charge in [0.15, 0.2) is 40.4 Å². The first-order valence-corrected chi connectivity index (χ1v) is 17.5. The second-order valence-corrected chi connectivity index (χ2v) is 14.1. The quantitative estimate of drug-likeness (QED) is 0.125. The highest BCUT2D eigenvalue weighted by Gasteiger charge is 2.51. The van der Waals surface area contributed by atoms with E-state index in [1.165, 1.54) is 65.1 Å². The van der Waals surface area contributed by atoms with Gasteiger partial charge in [-0.15, -0.1) is 0 Å². The number of hydrogen-bond donors (Lipinski definition) is 6. The number of carbonyl (C=O) groups is 6. The molecule has 0 spiro atoms. The number of ketones is 4. The van der Waals surface area contributed by atoms with E-state index in [9.17, 15) is 54.0 Å². The number of aromatic nitrogens is 1. The molecule has 0 saturated carbocycles. The second-order valence-electron chi connectivity index (χ2n) is 14.1. The number of aromatic hydroxyl groups is 3. The fourth-order valence-electron chi connectivity index (χ4n) is 6.99. The minimum atomic E-state index is -2.25. The third kappa shape index (κ3) is 6.19. The highest BCUT2D eigenvalue weighted by atomic mass is 16.6. The van der Waals surface area contributed by atoms with Gasteiger partial charge < -0.3 is 49.7 Å². The molecular formula is C40H33N3O15. The number of hydrogen-bond acceptors (Lipinski definition) is 17. The van der Waals surface area contributed by atoms with E-state index in [0.29, 0.717) is 5.75 Å². The lowest BCUT2D eigenvalue weighted by Gasteiger charge is -2.39. The first kappa shape index (κ1) is 38.9. The number of amides is 1. The summed E-state index contributed by atoms with van der Waals surface area (Å²) in [6.07, 6.45) is -2.90. The topological polar surface area (TPSA) is 278 Å². The van der Waals surface area contributed by atoms with E-state index in [-0.39, 0.29) is 33.4 Å². The van der Waals surface area contributed by atoms with Crippen LogP contribution in [-0.2, 0) is 14.3 Å². The molecule has 4 aromatic rings. The number of phenols is 1. The molecule has 2 aromatic carbocycles. The summed E-state index contributed by atoms with van der Waals surface area (Å²) in [6, 6.07) is 7.34. The number of benzene rings is 2. The average molecular weight is 796 g/mol. The number of nitrogens with zero attached hydrogens (tertiary/aromatic N) is 1. The van der Waals surface area contributed by atoms with Crippen molar-refractivity contribution in [1.82, 2.24) is 10.3 Å². The van der Waals surface area contributed by atoms with Crippen molar-refractivity contribution in [3.8, 4) is 23.0 Å². The Labute approximate surface area is 326 Å². The number of aliphatic hydroxyl groups is 1. The molecule has 58 heavy (non-hydrogen) atoms. The minimum absolute atomic E-state index is 0.0455. The predicted octanol–water partition coefficient (Wildman–Crippen LogP) is 2.78. The van der Waals surface area contributed by atoms with Gasteiger partial charge in [0.25, 0.3) is 5.91 Å². The SMILES string of the molecule is COc1ccc2c(O)c(NC(=O)c3ccc(O)c(C(=O)OC4[C@H](O)C(=O)[C@]5(C)CNC6=C(O5)C(=O)c5c(cc(C)c(O)c5C(=O)/C(C)=C/[C@@H]4C)C6=O)n3)c(=O)oc2c1. The van der Waals surface area contributed by atoms with Gasteiger partial charge in [0.1, 0.15) is 40.3 Å². The molecule has 2 aromatic heterocycles. The van der Waals surface area contributed by atoms with E-state index in [4.69, 9.17) is 18.6 Å². The number of Topliss-reactive ketones (excluding diaryl/α,β-unsaturated/α-hetero) is 4. The molecule has 1 aliphatic carbocycles. The van der Waals surface area contributed by atoms with Crippen LogP contribution in [0, 0.1) is 12.8 Å². The van der Waals surface area contributed by atoms with Crippen LogP contribution in [0.15, 0.2) is 68.7 Å². The number of nitrogens with one attached hydrogen (secondary N) is 2. The van der Waals surface area contributed by atoms with Gasteiger partial charge in [-0.2, -0.15) is 0 Å². The minimum Gasteiger partial charge on any atom is -0.507 e. The van der Waals surface area contributed by atoms with E-state index in [0.717, 1.165) is 12.1 Å². The Bertz CT molecular complexity index is 2690. The number of rotatable bonds is 5. The van der Waals surface area contributed by atoms with Crippen molar-refractivity contribution in [2.24, 2.45) is 5.92 Å². The van der Waals surface area contributed by atoms with Gasteiger partial charge in [-0.05, 0) is 62.2 Å². The van der Waals surface area contributed by atoms with Gasteiger partial charge in [-0.25, -0.2) is 14.6 Å². The first-order valence-electron chi connectivity index (χ1n) is 17.5. The maximum absolute atomic E-state index is 14.1. The number of pyridine rings is 1. The van der Waals surface area contributed by atoms with Crippen LogP contribution in [-0.4, -0.2) is 91.9 Å². The molecule has 3 bridgehead atoms. The molecule has 0 radical (unpaired) electrons. The lowest BCUT2D eigenvalue weighted by molar-refractivity contribution is -0.154. The van der Waals surface area contributed by atoms with Crippen LogP contribution >= 0.6 is 0 Å². The Hall–Kier alpha value is -7.34. The van der Waals surface area contributed by atoms with Crippen molar-refractivity contribution >= 4 is 51.7 Å². The molecule has 3 aliphatic rings. The summed E-state index contributed by atoms with van der Waals surface area (Å²) in [7, 11) is 1.38. The number of methoxy groups -OCH3 is 1. The number of allylic oxidation sites excluding steroid dienone is 3. The van der Waals surface area contributed by atoms with Crippen LogP contribution in [0.25, 0.3) is 11.0 Å². The Morgan fingerprint density at radius 1 is 0.966 bits per heavy atom. The van der Waals surface area contributed by atoms with Gasteiger partial charge in [0.05, 0.1) is 30.2 Å². The third-order valence-corrected chi connectivity index (χ3v) is 10.1. The average Bonchev–Trinajstić information content (AvgIpc) is 3.19. The smallest absolute Gasteiger partial charge is 0.364 e. The predicted molar refractivity (Wildman–Crippen MR) is 198 cm³/mol. The largest absolute Gasteiger partial charge is 0.507 e. The van der Waals surface area contributed by atoms with Crippen molar-refractivity contribution in [3.63, 3.8) is 0 Å². The van der Waals surface area contributed by atoms with E-state index in [1.54, 1.807) is 0 Å². The number of fused-ring (bicyclic) bond motifs is 2. The summed E-state index contributed by atoms with van der Waals surface area (Å²) in [4.78, 5) is 99.3. The summed E-state index contributed by atoms with van der Waals surface area (Å²) >= 11 is 0. The molecule has 4 atom stereocenters. The number of phenolic OH excluding ortho intramolecular Hbond substituents is 1. The number of anilines is 1. The molecular weight excluding hydrogens is 762 g/mol. The molecule has 4 heterocycles. The van der Waals surface area contributed by atoms with Crippen LogP contribution in [0.2, 0.25) is 0 Å². The van der Waals surface area contributed by atoms with Crippen molar-refractivity contribution in [1.29, 1.82) is 0 Å². The van der Waals surface area contributed by atoms with Crippen molar-refractivity contribution in [3.05, 3.63) is 104 Å². The molecule has 18 heteroatoms. The van der Waals surface area contributed by atoms with Gasteiger partial charge in [-0.1, -0.05) is 13.0 Å². The molecule has 0 fully saturated rings. The highest BCUT2D eigenvalue weighted by Crippen LogP contribution is 2.40. The van der Waals surface area contributed by atoms with Crippen LogP contribution < -0.4 is 21.0 Å². The lowest BCUT2D eigenvalue weighted by Crippen LogP contribution is -2.59. The van der Waals surface area contributed by atoms with Gasteiger partial charge >= 0.3 is 11.6 Å². The maximum Gasteiger partial charge on any atom is 0.364 e. The van der Waals surface area contributed by atoms with Crippen LogP contribution in [0.4, 0.5) is 5.69 Å². The van der Waals surface area contributed by atoms with Crippen LogP contribution in [0.1, 0.15) is 78.4 Å². The molecule has 2 aliphatic heterocycles. The normalized spacial score (nSPS) is 22.5. The Morgan fingerprint density at radius 3 is 2.40 bits per heavy atom. The molecule has 18 nitrogen and oxygen atoms in total. The molecule has 0 saturated heterocycles. The number of ether oxygens (including phenoxy) is 3. The fourth-order valence-corrected chi connectivity index (χ4v) is 6.99. The molecule has 298 valence electrons. The summed E-state index contributed by atoms with van der Waals surface area (Å²) < 4.78 is 21.8. The van der Waals surface area contributed by atoms with Gasteiger partial charge in [-0.3, -0.25) is 24.0 Å². The van der Waals surface area contributed by atoms with Crippen molar-refractivity contribution < 1.29 is 67.8 Å². The van der Waals surface area contributed by atoms with Gasteiger partial charge in [0.2, 0.25) is 17.3 Å². The molecule has 1 amide bonds. The third-order valence-electron chi connectivity index (χ3n) is 10.1. The number of esters is 1. The first-order chi connectivity index (χ1) is 27.4. The summed E-state index contributed by atoms with van der Waals surface area (Å²) in [6.45, 7) is 4.88. The van der Waals surface area contributed by atoms with Crippen molar-refractivity contribution in [2.45, 2.75) is 45.5 Å². The lowest BCUT2D eigenvalue weighted by atomic mass is 9.82. The van der Waals surface area contributed by atoms with E-state index >= 15 is 0 Å². The fraction of sp³-hybridized carbons (Fsp3) is 0.250. The number of aliphatic hydroxyl groups excluding tert-OH is 1. The highest BCUT2D eigenvalue weighted by molar-refractivity contribution is 6.31. The van der Waals surface area contributed by atoms with Crippen LogP contribution in [0.3, 0.4) is 0 Å². The molecule has 7 rings (SSSR count). The summed E-state index contributed by atoms with van der Waals surface area (Å²) in [5, 5.41) is 49.1. The zero-order chi connectivity index (χ0) is 42.1. The number of aryl methyl sites for hydroxylation is 1.